The van der Waals surface area contributed by atoms with Crippen LogP contribution in [0.5, 0.6) is 0 Å². The van der Waals surface area contributed by atoms with Crippen LogP contribution in [-0.2, 0) is 9.59 Å². The van der Waals surface area contributed by atoms with Crippen LogP contribution in [0.25, 0.3) is 0 Å². The van der Waals surface area contributed by atoms with Crippen molar-refractivity contribution in [3.05, 3.63) is 22.7 Å². The Balaban J connectivity index is 3.53. The van der Waals surface area contributed by atoms with Gasteiger partial charge in [-0.2, -0.15) is 0 Å². The number of carbonyl (C=O) groups excluding carboxylic acids is 2. The number of hydrogen-bond acceptors (Lipinski definition) is 5. The molecular weight excluding hydrogens is 200 g/mol. The molecule has 1 rings (SSSR count). The number of carbonyl (C=O) groups is 2. The van der Waals surface area contributed by atoms with Gasteiger partial charge in [0, 0.05) is 5.57 Å². The smallest absolute Gasteiger partial charge is 0.209 e. The second kappa shape index (κ2) is 3.20. The monoisotopic (exact) mass is 212 g/mol. The van der Waals surface area contributed by atoms with E-state index >= 15 is 0 Å². The maximum atomic E-state index is 11.6. The van der Waals surface area contributed by atoms with Gasteiger partial charge < -0.3 is 15.3 Å². The lowest BCUT2D eigenvalue weighted by molar-refractivity contribution is -0.133. The normalized spacial score (nSPS) is 27.3. The topological polar surface area (TPSA) is 94.8 Å². The molecule has 0 saturated carbocycles. The Hall–Kier alpha value is -1.62. The number of allylic oxidation sites excluding steroid dienone is 1. The van der Waals surface area contributed by atoms with Gasteiger partial charge in [-0.25, -0.2) is 0 Å². The van der Waals surface area contributed by atoms with Gasteiger partial charge in [0.25, 0.3) is 0 Å². The fourth-order valence-electron chi connectivity index (χ4n) is 1.45. The SMILES string of the molecule is CC(=O)C1=C(O)C(C)=C(O)C(C)(O)C1=O. The molecule has 5 heteroatoms. The standard InChI is InChI=1S/C10H12O5/c1-4-7(12)6(5(2)11)9(14)10(3,15)8(4)13/h12-13,15H,1-3H3. The van der Waals surface area contributed by atoms with Gasteiger partial charge in [0.15, 0.2) is 11.4 Å². The molecule has 0 radical (unpaired) electrons. The third-order valence-electron chi connectivity index (χ3n) is 2.43. The summed E-state index contributed by atoms with van der Waals surface area (Å²) in [7, 11) is 0. The van der Waals surface area contributed by atoms with Crippen LogP contribution in [0.15, 0.2) is 22.7 Å². The number of rotatable bonds is 1. The van der Waals surface area contributed by atoms with Crippen molar-refractivity contribution in [2.75, 3.05) is 0 Å². The lowest BCUT2D eigenvalue weighted by Gasteiger charge is -2.27. The number of hydrogen-bond donors (Lipinski definition) is 3. The molecule has 0 amide bonds. The van der Waals surface area contributed by atoms with Crippen LogP contribution in [-0.4, -0.2) is 32.5 Å². The van der Waals surface area contributed by atoms with E-state index in [0.29, 0.717) is 0 Å². The zero-order valence-electron chi connectivity index (χ0n) is 8.66. The first-order chi connectivity index (χ1) is 6.71. The van der Waals surface area contributed by atoms with E-state index in [2.05, 4.69) is 0 Å². The fourth-order valence-corrected chi connectivity index (χ4v) is 1.45. The molecule has 3 N–H and O–H groups in total. The van der Waals surface area contributed by atoms with E-state index in [1.807, 2.05) is 0 Å². The van der Waals surface area contributed by atoms with Gasteiger partial charge in [-0.05, 0) is 20.8 Å². The molecule has 0 aromatic carbocycles. The maximum Gasteiger partial charge on any atom is 0.209 e. The zero-order chi connectivity index (χ0) is 12.0. The number of ketones is 2. The van der Waals surface area contributed by atoms with Gasteiger partial charge in [0.2, 0.25) is 5.78 Å². The van der Waals surface area contributed by atoms with Crippen molar-refractivity contribution in [3.63, 3.8) is 0 Å². The van der Waals surface area contributed by atoms with Gasteiger partial charge in [-0.1, -0.05) is 0 Å². The fraction of sp³-hybridized carbons (Fsp3) is 0.400. The summed E-state index contributed by atoms with van der Waals surface area (Å²) in [5.41, 5.74) is -2.68. The van der Waals surface area contributed by atoms with Crippen molar-refractivity contribution >= 4 is 11.6 Å². The van der Waals surface area contributed by atoms with E-state index in [1.165, 1.54) is 6.92 Å². The second-order valence-electron chi connectivity index (χ2n) is 3.65. The van der Waals surface area contributed by atoms with Crippen molar-refractivity contribution in [2.24, 2.45) is 0 Å². The Morgan fingerprint density at radius 2 is 1.80 bits per heavy atom. The quantitative estimate of drug-likeness (QED) is 0.552. The highest BCUT2D eigenvalue weighted by molar-refractivity contribution is 6.24. The molecule has 1 unspecified atom stereocenters. The summed E-state index contributed by atoms with van der Waals surface area (Å²) in [5.74, 6) is -2.84. The Labute approximate surface area is 86.3 Å². The average Bonchev–Trinajstić information content (AvgIpc) is 2.12. The second-order valence-corrected chi connectivity index (χ2v) is 3.65. The summed E-state index contributed by atoms with van der Waals surface area (Å²) >= 11 is 0. The van der Waals surface area contributed by atoms with Gasteiger partial charge in [-0.3, -0.25) is 9.59 Å². The molecule has 5 nitrogen and oxygen atoms in total. The molecule has 1 aliphatic carbocycles. The van der Waals surface area contributed by atoms with Crippen LogP contribution in [0.2, 0.25) is 0 Å². The molecule has 15 heavy (non-hydrogen) atoms. The Kier molecular flexibility index (Phi) is 2.44. The van der Waals surface area contributed by atoms with Crippen LogP contribution >= 0.6 is 0 Å². The Bertz CT molecular complexity index is 412. The number of Topliss-reactive ketones (excluding diaryl/α,β-unsaturated/α-hetero) is 2. The first-order valence-corrected chi connectivity index (χ1v) is 4.33. The van der Waals surface area contributed by atoms with Crippen molar-refractivity contribution in [1.82, 2.24) is 0 Å². The zero-order valence-corrected chi connectivity index (χ0v) is 8.66. The van der Waals surface area contributed by atoms with E-state index in [-0.39, 0.29) is 5.57 Å². The van der Waals surface area contributed by atoms with Crippen molar-refractivity contribution in [2.45, 2.75) is 26.4 Å². The van der Waals surface area contributed by atoms with E-state index in [0.717, 1.165) is 13.8 Å². The molecule has 0 aromatic heterocycles. The molecule has 0 bridgehead atoms. The molecule has 0 aromatic rings. The van der Waals surface area contributed by atoms with Crippen molar-refractivity contribution in [1.29, 1.82) is 0 Å². The van der Waals surface area contributed by atoms with E-state index < -0.39 is 34.3 Å². The number of aliphatic hydroxyl groups excluding tert-OH is 2. The van der Waals surface area contributed by atoms with E-state index in [1.54, 1.807) is 0 Å². The average molecular weight is 212 g/mol. The van der Waals surface area contributed by atoms with Crippen LogP contribution in [0.4, 0.5) is 0 Å². The first-order valence-electron chi connectivity index (χ1n) is 4.33. The van der Waals surface area contributed by atoms with Crippen LogP contribution in [0.1, 0.15) is 20.8 Å². The molecule has 1 atom stereocenters. The lowest BCUT2D eigenvalue weighted by Crippen LogP contribution is -2.43. The molecule has 82 valence electrons. The van der Waals surface area contributed by atoms with Gasteiger partial charge in [0.05, 0.1) is 0 Å². The van der Waals surface area contributed by atoms with E-state index in [9.17, 15) is 24.9 Å². The van der Waals surface area contributed by atoms with Crippen LogP contribution in [0.3, 0.4) is 0 Å². The highest BCUT2D eigenvalue weighted by Crippen LogP contribution is 2.32. The summed E-state index contributed by atoms with van der Waals surface area (Å²) in [6.45, 7) is 3.49. The Morgan fingerprint density at radius 1 is 1.33 bits per heavy atom. The molecular formula is C10H12O5. The molecule has 0 heterocycles. The van der Waals surface area contributed by atoms with Crippen molar-refractivity contribution in [3.8, 4) is 0 Å². The predicted octanol–water partition coefficient (Wildman–Crippen LogP) is 0.553. The predicted molar refractivity (Wildman–Crippen MR) is 51.3 cm³/mol. The van der Waals surface area contributed by atoms with E-state index in [4.69, 9.17) is 0 Å². The molecule has 0 spiro atoms. The first kappa shape index (κ1) is 11.5. The highest BCUT2D eigenvalue weighted by atomic mass is 16.3. The molecule has 0 saturated heterocycles. The minimum atomic E-state index is -2.14. The summed E-state index contributed by atoms with van der Waals surface area (Å²) in [6.07, 6.45) is 0. The van der Waals surface area contributed by atoms with Gasteiger partial charge >= 0.3 is 0 Å². The van der Waals surface area contributed by atoms with Gasteiger partial charge in [-0.15, -0.1) is 0 Å². The van der Waals surface area contributed by atoms with Crippen molar-refractivity contribution < 1.29 is 24.9 Å². The minimum absolute atomic E-state index is 0.0650. The third kappa shape index (κ3) is 1.45. The molecule has 0 fully saturated rings. The maximum absolute atomic E-state index is 11.6. The molecule has 0 aliphatic heterocycles. The minimum Gasteiger partial charge on any atom is -0.508 e. The summed E-state index contributed by atoms with van der Waals surface area (Å²) in [4.78, 5) is 22.7. The van der Waals surface area contributed by atoms with Gasteiger partial charge in [0.1, 0.15) is 17.1 Å². The molecule has 1 aliphatic rings. The Morgan fingerprint density at radius 3 is 2.20 bits per heavy atom. The summed E-state index contributed by atoms with van der Waals surface area (Å²) in [6, 6.07) is 0. The summed E-state index contributed by atoms with van der Waals surface area (Å²) < 4.78 is 0. The highest BCUT2D eigenvalue weighted by Gasteiger charge is 2.45. The largest absolute Gasteiger partial charge is 0.508 e. The lowest BCUT2D eigenvalue weighted by atomic mass is 9.82. The third-order valence-corrected chi connectivity index (χ3v) is 2.43. The number of aliphatic hydroxyl groups is 3. The summed E-state index contributed by atoms with van der Waals surface area (Å²) in [5, 5.41) is 28.6. The van der Waals surface area contributed by atoms with Crippen LogP contribution in [0, 0.1) is 0 Å². The van der Waals surface area contributed by atoms with Crippen LogP contribution < -0.4 is 0 Å².